The molecule has 1 aliphatic rings. The fraction of sp³-hybridized carbons (Fsp3) is 0.500. The highest BCUT2D eigenvalue weighted by molar-refractivity contribution is 5.38. The molecule has 15 heavy (non-hydrogen) atoms. The lowest BCUT2D eigenvalue weighted by atomic mass is 9.91. The Morgan fingerprint density at radius 3 is 3.00 bits per heavy atom. The van der Waals surface area contributed by atoms with E-state index in [0.29, 0.717) is 11.7 Å². The summed E-state index contributed by atoms with van der Waals surface area (Å²) in [4.78, 5) is 0. The van der Waals surface area contributed by atoms with Gasteiger partial charge in [-0.3, -0.25) is 0 Å². The average Bonchev–Trinajstić information content (AvgIpc) is 2.30. The quantitative estimate of drug-likeness (QED) is 0.807. The zero-order valence-corrected chi connectivity index (χ0v) is 8.92. The van der Waals surface area contributed by atoms with Gasteiger partial charge in [-0.2, -0.15) is 0 Å². The second kappa shape index (κ2) is 4.62. The standard InChI is InChI=1S/C12H16FNO/c1-15-12-10(5-2-6-11(12)13)9-4-3-7-14-8-9/h2,5-6,9,14H,3-4,7-8H2,1H3. The van der Waals surface area contributed by atoms with Gasteiger partial charge in [-0.05, 0) is 25.5 Å². The highest BCUT2D eigenvalue weighted by Gasteiger charge is 2.20. The Morgan fingerprint density at radius 1 is 1.47 bits per heavy atom. The Morgan fingerprint density at radius 2 is 2.33 bits per heavy atom. The summed E-state index contributed by atoms with van der Waals surface area (Å²) < 4.78 is 18.6. The molecule has 3 heteroatoms. The highest BCUT2D eigenvalue weighted by Crippen LogP contribution is 2.32. The first-order valence-corrected chi connectivity index (χ1v) is 5.36. The van der Waals surface area contributed by atoms with Crippen LogP contribution in [-0.4, -0.2) is 20.2 Å². The second-order valence-electron chi connectivity index (χ2n) is 3.91. The van der Waals surface area contributed by atoms with Crippen LogP contribution in [0.2, 0.25) is 0 Å². The van der Waals surface area contributed by atoms with Gasteiger partial charge in [-0.15, -0.1) is 0 Å². The maximum absolute atomic E-state index is 13.5. The van der Waals surface area contributed by atoms with E-state index >= 15 is 0 Å². The summed E-state index contributed by atoms with van der Waals surface area (Å²) in [5.41, 5.74) is 0.990. The van der Waals surface area contributed by atoms with Gasteiger partial charge in [0.15, 0.2) is 11.6 Å². The SMILES string of the molecule is COc1c(F)cccc1C1CCCNC1. The fourth-order valence-corrected chi connectivity index (χ4v) is 2.18. The fourth-order valence-electron chi connectivity index (χ4n) is 2.18. The van der Waals surface area contributed by atoms with Crippen LogP contribution >= 0.6 is 0 Å². The van der Waals surface area contributed by atoms with Gasteiger partial charge in [0.1, 0.15) is 0 Å². The van der Waals surface area contributed by atoms with Crippen molar-refractivity contribution in [3.63, 3.8) is 0 Å². The minimum Gasteiger partial charge on any atom is -0.493 e. The van der Waals surface area contributed by atoms with Crippen molar-refractivity contribution in [2.24, 2.45) is 0 Å². The summed E-state index contributed by atoms with van der Waals surface area (Å²) in [6.07, 6.45) is 2.25. The second-order valence-corrected chi connectivity index (χ2v) is 3.91. The molecule has 0 bridgehead atoms. The number of rotatable bonds is 2. The van der Waals surface area contributed by atoms with Gasteiger partial charge >= 0.3 is 0 Å². The van der Waals surface area contributed by atoms with Gasteiger partial charge in [0.2, 0.25) is 0 Å². The molecule has 1 aromatic rings. The molecule has 0 aliphatic carbocycles. The first-order valence-electron chi connectivity index (χ1n) is 5.36. The van der Waals surface area contributed by atoms with Gasteiger partial charge < -0.3 is 10.1 Å². The predicted octanol–water partition coefficient (Wildman–Crippen LogP) is 2.30. The molecule has 0 aromatic heterocycles. The zero-order valence-electron chi connectivity index (χ0n) is 8.92. The van der Waals surface area contributed by atoms with Crippen LogP contribution in [0, 0.1) is 5.82 Å². The molecule has 1 aliphatic heterocycles. The van der Waals surface area contributed by atoms with Crippen molar-refractivity contribution in [3.05, 3.63) is 29.6 Å². The Kier molecular flexibility index (Phi) is 3.21. The monoisotopic (exact) mass is 209 g/mol. The number of methoxy groups -OCH3 is 1. The summed E-state index contributed by atoms with van der Waals surface area (Å²) >= 11 is 0. The van der Waals surface area contributed by atoms with E-state index in [1.807, 2.05) is 6.07 Å². The smallest absolute Gasteiger partial charge is 0.165 e. The predicted molar refractivity (Wildman–Crippen MR) is 57.8 cm³/mol. The molecular formula is C12H16FNO. The first-order chi connectivity index (χ1) is 7.33. The molecule has 1 fully saturated rings. The lowest BCUT2D eigenvalue weighted by Crippen LogP contribution is -2.28. The van der Waals surface area contributed by atoms with Crippen LogP contribution in [0.5, 0.6) is 5.75 Å². The van der Waals surface area contributed by atoms with E-state index in [4.69, 9.17) is 4.74 Å². The maximum atomic E-state index is 13.5. The summed E-state index contributed by atoms with van der Waals surface area (Å²) in [6, 6.07) is 5.15. The van der Waals surface area contributed by atoms with Crippen LogP contribution in [-0.2, 0) is 0 Å². The van der Waals surface area contributed by atoms with E-state index in [0.717, 1.165) is 31.5 Å². The molecule has 82 valence electrons. The molecule has 2 rings (SSSR count). The Labute approximate surface area is 89.4 Å². The van der Waals surface area contributed by atoms with Crippen molar-refractivity contribution in [2.45, 2.75) is 18.8 Å². The molecule has 2 nitrogen and oxygen atoms in total. The molecular weight excluding hydrogens is 193 g/mol. The zero-order chi connectivity index (χ0) is 10.7. The molecule has 1 aromatic carbocycles. The summed E-state index contributed by atoms with van der Waals surface area (Å²) in [5, 5.41) is 3.33. The van der Waals surface area contributed by atoms with E-state index in [9.17, 15) is 4.39 Å². The molecule has 0 amide bonds. The normalized spacial score (nSPS) is 21.3. The molecule has 1 atom stereocenters. The lowest BCUT2D eigenvalue weighted by Gasteiger charge is -2.24. The number of para-hydroxylation sites is 1. The van der Waals surface area contributed by atoms with Crippen LogP contribution in [0.3, 0.4) is 0 Å². The van der Waals surface area contributed by atoms with Crippen LogP contribution in [0.1, 0.15) is 24.3 Å². The third kappa shape index (κ3) is 2.12. The van der Waals surface area contributed by atoms with Crippen molar-refractivity contribution >= 4 is 0 Å². The third-order valence-electron chi connectivity index (χ3n) is 2.94. The van der Waals surface area contributed by atoms with E-state index < -0.39 is 0 Å². The van der Waals surface area contributed by atoms with Crippen LogP contribution in [0.15, 0.2) is 18.2 Å². The third-order valence-corrected chi connectivity index (χ3v) is 2.94. The topological polar surface area (TPSA) is 21.3 Å². The van der Waals surface area contributed by atoms with Gasteiger partial charge in [-0.1, -0.05) is 12.1 Å². The molecule has 0 radical (unpaired) electrons. The molecule has 1 N–H and O–H groups in total. The summed E-state index contributed by atoms with van der Waals surface area (Å²) in [5.74, 6) is 0.524. The van der Waals surface area contributed by atoms with Gasteiger partial charge in [0.25, 0.3) is 0 Å². The van der Waals surface area contributed by atoms with Crippen molar-refractivity contribution in [1.29, 1.82) is 0 Å². The summed E-state index contributed by atoms with van der Waals surface area (Å²) in [6.45, 7) is 1.98. The van der Waals surface area contributed by atoms with Gasteiger partial charge in [-0.25, -0.2) is 4.39 Å². The van der Waals surface area contributed by atoms with E-state index in [2.05, 4.69) is 5.32 Å². The Bertz CT molecular complexity index is 334. The summed E-state index contributed by atoms with van der Waals surface area (Å²) in [7, 11) is 1.53. The van der Waals surface area contributed by atoms with Gasteiger partial charge in [0, 0.05) is 18.0 Å². The molecule has 1 unspecified atom stereocenters. The Hall–Kier alpha value is -1.09. The van der Waals surface area contributed by atoms with E-state index in [-0.39, 0.29) is 5.82 Å². The molecule has 0 spiro atoms. The Balaban J connectivity index is 2.29. The number of piperidine rings is 1. The van der Waals surface area contributed by atoms with E-state index in [1.165, 1.54) is 13.2 Å². The van der Waals surface area contributed by atoms with Crippen molar-refractivity contribution in [1.82, 2.24) is 5.32 Å². The van der Waals surface area contributed by atoms with Crippen LogP contribution in [0.4, 0.5) is 4.39 Å². The van der Waals surface area contributed by atoms with Crippen molar-refractivity contribution in [2.75, 3.05) is 20.2 Å². The molecule has 0 saturated carbocycles. The number of benzene rings is 1. The largest absolute Gasteiger partial charge is 0.493 e. The van der Waals surface area contributed by atoms with Gasteiger partial charge in [0.05, 0.1) is 7.11 Å². The van der Waals surface area contributed by atoms with E-state index in [1.54, 1.807) is 6.07 Å². The van der Waals surface area contributed by atoms with Crippen LogP contribution in [0.25, 0.3) is 0 Å². The minimum absolute atomic E-state index is 0.263. The minimum atomic E-state index is -0.263. The average molecular weight is 209 g/mol. The number of halogens is 1. The maximum Gasteiger partial charge on any atom is 0.165 e. The highest BCUT2D eigenvalue weighted by atomic mass is 19.1. The number of hydrogen-bond acceptors (Lipinski definition) is 2. The first kappa shape index (κ1) is 10.4. The number of ether oxygens (including phenoxy) is 1. The lowest BCUT2D eigenvalue weighted by molar-refractivity contribution is 0.368. The number of nitrogens with one attached hydrogen (secondary N) is 1. The van der Waals surface area contributed by atoms with Crippen LogP contribution < -0.4 is 10.1 Å². The molecule has 1 saturated heterocycles. The van der Waals surface area contributed by atoms with Crippen molar-refractivity contribution < 1.29 is 9.13 Å². The molecule has 1 heterocycles. The van der Waals surface area contributed by atoms with Crippen molar-refractivity contribution in [3.8, 4) is 5.75 Å². The number of hydrogen-bond donors (Lipinski definition) is 1.